The third-order valence-electron chi connectivity index (χ3n) is 2.41. The molecular weight excluding hydrogens is 198 g/mol. The number of carbonyl (C=O) groups is 1. The number of carboxylic acids is 1. The van der Waals surface area contributed by atoms with Gasteiger partial charge in [0.15, 0.2) is 0 Å². The van der Waals surface area contributed by atoms with E-state index in [0.29, 0.717) is 6.54 Å². The molecule has 1 aliphatic heterocycles. The second kappa shape index (κ2) is 3.63. The van der Waals surface area contributed by atoms with E-state index in [0.717, 1.165) is 16.0 Å². The van der Waals surface area contributed by atoms with Gasteiger partial charge < -0.3 is 5.11 Å². The van der Waals surface area contributed by atoms with E-state index >= 15 is 0 Å². The highest BCUT2D eigenvalue weighted by Gasteiger charge is 2.27. The molecule has 4 heteroatoms. The Labute approximate surface area is 86.5 Å². The van der Waals surface area contributed by atoms with Crippen LogP contribution in [0, 0.1) is 0 Å². The van der Waals surface area contributed by atoms with Crippen LogP contribution in [0.2, 0.25) is 0 Å². The number of fused-ring (bicyclic) bond motifs is 1. The molecule has 1 aromatic rings. The highest BCUT2D eigenvalue weighted by Crippen LogP contribution is 2.29. The predicted octanol–water partition coefficient (Wildman–Crippen LogP) is 1.64. The topological polar surface area (TPSA) is 49.3 Å². The van der Waals surface area contributed by atoms with Crippen LogP contribution >= 0.6 is 11.8 Å². The lowest BCUT2D eigenvalue weighted by atomic mass is 10.1. The van der Waals surface area contributed by atoms with Crippen LogP contribution in [0.15, 0.2) is 23.1 Å². The van der Waals surface area contributed by atoms with Crippen molar-refractivity contribution in [2.75, 3.05) is 6.26 Å². The standard InChI is InChI=1S/C10H11NO2S/c1-14-7-3-2-6-5-11-9(10(12)13)8(6)4-7/h2-4,9,11H,5H2,1H3,(H,12,13). The van der Waals surface area contributed by atoms with Gasteiger partial charge in [0, 0.05) is 11.4 Å². The van der Waals surface area contributed by atoms with Gasteiger partial charge in [-0.25, -0.2) is 0 Å². The molecule has 0 amide bonds. The highest BCUT2D eigenvalue weighted by atomic mass is 32.2. The molecule has 2 rings (SSSR count). The van der Waals surface area contributed by atoms with Crippen LogP contribution < -0.4 is 5.32 Å². The maximum atomic E-state index is 10.9. The van der Waals surface area contributed by atoms with Crippen LogP contribution in [0.25, 0.3) is 0 Å². The minimum absolute atomic E-state index is 0.530. The molecule has 0 spiro atoms. The normalized spacial score (nSPS) is 19.4. The Morgan fingerprint density at radius 2 is 2.43 bits per heavy atom. The third kappa shape index (κ3) is 1.51. The number of aliphatic carboxylic acids is 1. The Kier molecular flexibility index (Phi) is 2.48. The molecule has 1 aromatic carbocycles. The number of hydrogen-bond acceptors (Lipinski definition) is 3. The van der Waals surface area contributed by atoms with Gasteiger partial charge in [-0.15, -0.1) is 11.8 Å². The molecule has 1 aliphatic rings. The van der Waals surface area contributed by atoms with Crippen molar-refractivity contribution in [1.29, 1.82) is 0 Å². The molecule has 0 aliphatic carbocycles. The van der Waals surface area contributed by atoms with Crippen molar-refractivity contribution in [3.8, 4) is 0 Å². The average Bonchev–Trinajstić information content (AvgIpc) is 2.59. The van der Waals surface area contributed by atoms with Gasteiger partial charge in [0.2, 0.25) is 0 Å². The summed E-state index contributed by atoms with van der Waals surface area (Å²) in [6.45, 7) is 0.654. The van der Waals surface area contributed by atoms with Gasteiger partial charge in [0.1, 0.15) is 6.04 Å². The van der Waals surface area contributed by atoms with E-state index in [1.807, 2.05) is 24.5 Å². The van der Waals surface area contributed by atoms with Crippen LogP contribution in [0.4, 0.5) is 0 Å². The first-order chi connectivity index (χ1) is 6.72. The Morgan fingerprint density at radius 1 is 1.64 bits per heavy atom. The molecule has 1 unspecified atom stereocenters. The smallest absolute Gasteiger partial charge is 0.325 e. The van der Waals surface area contributed by atoms with Crippen LogP contribution in [-0.2, 0) is 11.3 Å². The van der Waals surface area contributed by atoms with Gasteiger partial charge >= 0.3 is 5.97 Å². The lowest BCUT2D eigenvalue weighted by molar-refractivity contribution is -0.139. The quantitative estimate of drug-likeness (QED) is 0.727. The van der Waals surface area contributed by atoms with E-state index in [1.165, 1.54) is 0 Å². The molecule has 3 nitrogen and oxygen atoms in total. The summed E-state index contributed by atoms with van der Waals surface area (Å²) in [6.07, 6.45) is 1.99. The van der Waals surface area contributed by atoms with Gasteiger partial charge in [-0.2, -0.15) is 0 Å². The van der Waals surface area contributed by atoms with Gasteiger partial charge in [0.25, 0.3) is 0 Å². The Hall–Kier alpha value is -1.00. The zero-order chi connectivity index (χ0) is 10.1. The van der Waals surface area contributed by atoms with E-state index in [-0.39, 0.29) is 0 Å². The minimum atomic E-state index is -0.804. The van der Waals surface area contributed by atoms with Gasteiger partial charge in [-0.3, -0.25) is 10.1 Å². The average molecular weight is 209 g/mol. The monoisotopic (exact) mass is 209 g/mol. The number of carboxylic acid groups (broad SMARTS) is 1. The zero-order valence-electron chi connectivity index (χ0n) is 7.78. The van der Waals surface area contributed by atoms with Crippen LogP contribution in [-0.4, -0.2) is 17.3 Å². The fraction of sp³-hybridized carbons (Fsp3) is 0.300. The van der Waals surface area contributed by atoms with Gasteiger partial charge in [-0.05, 0) is 29.5 Å². The summed E-state index contributed by atoms with van der Waals surface area (Å²) in [5, 5.41) is 11.9. The highest BCUT2D eigenvalue weighted by molar-refractivity contribution is 7.98. The van der Waals surface area contributed by atoms with Crippen molar-refractivity contribution in [2.45, 2.75) is 17.5 Å². The number of thioether (sulfide) groups is 1. The maximum Gasteiger partial charge on any atom is 0.325 e. The van der Waals surface area contributed by atoms with E-state index in [2.05, 4.69) is 5.32 Å². The predicted molar refractivity (Wildman–Crippen MR) is 55.4 cm³/mol. The van der Waals surface area contributed by atoms with Crippen molar-refractivity contribution in [3.05, 3.63) is 29.3 Å². The SMILES string of the molecule is CSc1ccc2c(c1)C(C(=O)O)NC2. The summed E-state index contributed by atoms with van der Waals surface area (Å²) >= 11 is 1.63. The summed E-state index contributed by atoms with van der Waals surface area (Å²) in [7, 11) is 0. The summed E-state index contributed by atoms with van der Waals surface area (Å²) < 4.78 is 0. The molecule has 0 aromatic heterocycles. The molecule has 2 N–H and O–H groups in total. The second-order valence-electron chi connectivity index (χ2n) is 3.22. The third-order valence-corrected chi connectivity index (χ3v) is 3.13. The molecule has 0 bridgehead atoms. The van der Waals surface area contributed by atoms with Crippen LogP contribution in [0.1, 0.15) is 17.2 Å². The molecule has 1 atom stereocenters. The molecule has 0 saturated heterocycles. The van der Waals surface area contributed by atoms with E-state index in [4.69, 9.17) is 5.11 Å². The summed E-state index contributed by atoms with van der Waals surface area (Å²) in [4.78, 5) is 12.0. The zero-order valence-corrected chi connectivity index (χ0v) is 8.60. The molecule has 0 radical (unpaired) electrons. The minimum Gasteiger partial charge on any atom is -0.480 e. The second-order valence-corrected chi connectivity index (χ2v) is 4.10. The number of nitrogens with one attached hydrogen (secondary N) is 1. The van der Waals surface area contributed by atoms with Crippen molar-refractivity contribution in [2.24, 2.45) is 0 Å². The van der Waals surface area contributed by atoms with Crippen molar-refractivity contribution in [1.82, 2.24) is 5.32 Å². The summed E-state index contributed by atoms with van der Waals surface area (Å²) in [6, 6.07) is 5.45. The van der Waals surface area contributed by atoms with Crippen LogP contribution in [0.3, 0.4) is 0 Å². The first-order valence-corrected chi connectivity index (χ1v) is 5.58. The molecule has 14 heavy (non-hydrogen) atoms. The molecule has 0 fully saturated rings. The molecule has 1 heterocycles. The lowest BCUT2D eigenvalue weighted by Gasteiger charge is -2.06. The largest absolute Gasteiger partial charge is 0.480 e. The van der Waals surface area contributed by atoms with Crippen LogP contribution in [0.5, 0.6) is 0 Å². The van der Waals surface area contributed by atoms with Crippen molar-refractivity contribution >= 4 is 17.7 Å². The van der Waals surface area contributed by atoms with E-state index in [9.17, 15) is 4.79 Å². The first kappa shape index (κ1) is 9.55. The molecule has 74 valence electrons. The summed E-state index contributed by atoms with van der Waals surface area (Å²) in [5.74, 6) is -0.804. The van der Waals surface area contributed by atoms with E-state index < -0.39 is 12.0 Å². The van der Waals surface area contributed by atoms with Gasteiger partial charge in [-0.1, -0.05) is 6.07 Å². The molecular formula is C10H11NO2S. The fourth-order valence-electron chi connectivity index (χ4n) is 1.67. The van der Waals surface area contributed by atoms with Gasteiger partial charge in [0.05, 0.1) is 0 Å². The fourth-order valence-corrected chi connectivity index (χ4v) is 2.12. The number of rotatable bonds is 2. The Bertz CT molecular complexity index is 378. The van der Waals surface area contributed by atoms with Crippen molar-refractivity contribution < 1.29 is 9.90 Å². The number of hydrogen-bond donors (Lipinski definition) is 2. The van der Waals surface area contributed by atoms with Crippen molar-refractivity contribution in [3.63, 3.8) is 0 Å². The van der Waals surface area contributed by atoms with E-state index in [1.54, 1.807) is 11.8 Å². The summed E-state index contributed by atoms with van der Waals surface area (Å²) in [5.41, 5.74) is 2.00. The lowest BCUT2D eigenvalue weighted by Crippen LogP contribution is -2.21. The molecule has 0 saturated carbocycles. The Balaban J connectivity index is 2.41. The maximum absolute atomic E-state index is 10.9. The first-order valence-electron chi connectivity index (χ1n) is 4.35. The Morgan fingerprint density at radius 3 is 3.07 bits per heavy atom. The number of benzene rings is 1.